The average Bonchev–Trinajstić information content (AvgIpc) is 2.62. The third-order valence-corrected chi connectivity index (χ3v) is 3.93. The number of fused-ring (bicyclic) bond motifs is 1. The molecular weight excluding hydrogens is 345 g/mol. The van der Waals surface area contributed by atoms with Crippen molar-refractivity contribution in [1.29, 1.82) is 0 Å². The van der Waals surface area contributed by atoms with Crippen LogP contribution in [-0.4, -0.2) is 23.7 Å². The highest BCUT2D eigenvalue weighted by atomic mass is 35.5. The van der Waals surface area contributed by atoms with Gasteiger partial charge in [-0.1, -0.05) is 17.7 Å². The normalized spacial score (nSPS) is 10.7. The highest BCUT2D eigenvalue weighted by molar-refractivity contribution is 6.32. The number of benzene rings is 2. The molecule has 0 aliphatic carbocycles. The van der Waals surface area contributed by atoms with Crippen molar-refractivity contribution in [3.63, 3.8) is 0 Å². The van der Waals surface area contributed by atoms with E-state index >= 15 is 0 Å². The summed E-state index contributed by atoms with van der Waals surface area (Å²) in [7, 11) is 1.56. The predicted octanol–water partition coefficient (Wildman–Crippen LogP) is 4.44. The van der Waals surface area contributed by atoms with Crippen molar-refractivity contribution in [2.45, 2.75) is 13.5 Å². The fourth-order valence-corrected chi connectivity index (χ4v) is 2.83. The van der Waals surface area contributed by atoms with Crippen molar-refractivity contribution < 1.29 is 13.9 Å². The van der Waals surface area contributed by atoms with Crippen LogP contribution in [0, 0.1) is 5.82 Å². The van der Waals surface area contributed by atoms with Gasteiger partial charge in [-0.25, -0.2) is 14.4 Å². The number of anilines is 1. The van der Waals surface area contributed by atoms with Crippen LogP contribution in [0.4, 0.5) is 10.2 Å². The van der Waals surface area contributed by atoms with Crippen molar-refractivity contribution in [1.82, 2.24) is 9.97 Å². The summed E-state index contributed by atoms with van der Waals surface area (Å²) in [6.45, 7) is 2.81. The van der Waals surface area contributed by atoms with Gasteiger partial charge in [-0.2, -0.15) is 0 Å². The van der Waals surface area contributed by atoms with E-state index in [2.05, 4.69) is 15.3 Å². The quantitative estimate of drug-likeness (QED) is 0.703. The highest BCUT2D eigenvalue weighted by Gasteiger charge is 2.12. The summed E-state index contributed by atoms with van der Waals surface area (Å²) in [6.07, 6.45) is 1.33. The standard InChI is InChI=1S/C18H17ClFN3O2/c1-3-25-17-13(19)7-11(8-15(17)24-2)9-21-18-12-5-4-6-14(20)16(12)22-10-23-18/h4-8,10H,3,9H2,1-2H3,(H,21,22,23). The maximum atomic E-state index is 13.8. The van der Waals surface area contributed by atoms with E-state index < -0.39 is 0 Å². The second kappa shape index (κ2) is 7.53. The van der Waals surface area contributed by atoms with Crippen molar-refractivity contribution in [2.24, 2.45) is 0 Å². The molecule has 0 unspecified atom stereocenters. The number of nitrogens with zero attached hydrogens (tertiary/aromatic N) is 2. The number of hydrogen-bond donors (Lipinski definition) is 1. The fraction of sp³-hybridized carbons (Fsp3) is 0.222. The minimum Gasteiger partial charge on any atom is -0.493 e. The Labute approximate surface area is 149 Å². The molecule has 0 bridgehead atoms. The maximum absolute atomic E-state index is 13.8. The lowest BCUT2D eigenvalue weighted by atomic mass is 10.2. The first-order chi connectivity index (χ1) is 12.1. The van der Waals surface area contributed by atoms with Crippen LogP contribution in [0.3, 0.4) is 0 Å². The number of rotatable bonds is 6. The predicted molar refractivity (Wildman–Crippen MR) is 96.0 cm³/mol. The van der Waals surface area contributed by atoms with E-state index in [1.165, 1.54) is 12.4 Å². The van der Waals surface area contributed by atoms with Crippen LogP contribution in [0.15, 0.2) is 36.7 Å². The zero-order valence-electron chi connectivity index (χ0n) is 13.8. The van der Waals surface area contributed by atoms with Crippen molar-refractivity contribution >= 4 is 28.3 Å². The molecule has 5 nitrogen and oxygen atoms in total. The van der Waals surface area contributed by atoms with E-state index in [9.17, 15) is 4.39 Å². The first-order valence-electron chi connectivity index (χ1n) is 7.76. The largest absolute Gasteiger partial charge is 0.493 e. The Bertz CT molecular complexity index is 905. The van der Waals surface area contributed by atoms with Gasteiger partial charge in [-0.3, -0.25) is 0 Å². The third-order valence-electron chi connectivity index (χ3n) is 3.65. The molecule has 3 rings (SSSR count). The van der Waals surface area contributed by atoms with Crippen LogP contribution in [0.25, 0.3) is 10.9 Å². The molecule has 1 aromatic heterocycles. The Morgan fingerprint density at radius 2 is 2.08 bits per heavy atom. The Morgan fingerprint density at radius 1 is 1.24 bits per heavy atom. The Morgan fingerprint density at radius 3 is 2.84 bits per heavy atom. The van der Waals surface area contributed by atoms with Gasteiger partial charge >= 0.3 is 0 Å². The smallest absolute Gasteiger partial charge is 0.179 e. The topological polar surface area (TPSA) is 56.3 Å². The first kappa shape index (κ1) is 17.2. The molecule has 2 aromatic carbocycles. The van der Waals surface area contributed by atoms with Gasteiger partial charge in [-0.05, 0) is 36.8 Å². The molecule has 3 aromatic rings. The average molecular weight is 362 g/mol. The second-order valence-corrected chi connectivity index (χ2v) is 5.66. The van der Waals surface area contributed by atoms with Crippen LogP contribution in [-0.2, 0) is 6.54 Å². The summed E-state index contributed by atoms with van der Waals surface area (Å²) in [5.74, 6) is 1.25. The Hall–Kier alpha value is -2.60. The molecule has 0 spiro atoms. The number of ether oxygens (including phenoxy) is 2. The van der Waals surface area contributed by atoms with Gasteiger partial charge in [0.2, 0.25) is 0 Å². The van der Waals surface area contributed by atoms with Crippen molar-refractivity contribution in [3.05, 3.63) is 53.1 Å². The molecule has 1 N–H and O–H groups in total. The van der Waals surface area contributed by atoms with E-state index in [1.807, 2.05) is 13.0 Å². The van der Waals surface area contributed by atoms with E-state index in [0.29, 0.717) is 40.9 Å². The Kier molecular flexibility index (Phi) is 5.19. The summed E-state index contributed by atoms with van der Waals surface area (Å²) in [4.78, 5) is 8.18. The highest BCUT2D eigenvalue weighted by Crippen LogP contribution is 2.36. The lowest BCUT2D eigenvalue weighted by Gasteiger charge is -2.14. The molecule has 130 valence electrons. The van der Waals surface area contributed by atoms with Crippen molar-refractivity contribution in [2.75, 3.05) is 19.0 Å². The van der Waals surface area contributed by atoms with Crippen LogP contribution in [0.5, 0.6) is 11.5 Å². The third kappa shape index (κ3) is 3.58. The number of halogens is 2. The van der Waals surface area contributed by atoms with Crippen LogP contribution >= 0.6 is 11.6 Å². The molecule has 0 radical (unpaired) electrons. The number of methoxy groups -OCH3 is 1. The molecule has 0 atom stereocenters. The molecule has 0 saturated heterocycles. The van der Waals surface area contributed by atoms with E-state index in [0.717, 1.165) is 5.56 Å². The first-order valence-corrected chi connectivity index (χ1v) is 8.14. The van der Waals surface area contributed by atoms with Gasteiger partial charge in [0.15, 0.2) is 11.5 Å². The van der Waals surface area contributed by atoms with E-state index in [4.69, 9.17) is 21.1 Å². The van der Waals surface area contributed by atoms with Gasteiger partial charge in [-0.15, -0.1) is 0 Å². The van der Waals surface area contributed by atoms with Crippen LogP contribution in [0.2, 0.25) is 5.02 Å². The zero-order valence-corrected chi connectivity index (χ0v) is 14.6. The Balaban J connectivity index is 1.87. The molecule has 0 saturated carbocycles. The lowest BCUT2D eigenvalue weighted by molar-refractivity contribution is 0.311. The van der Waals surface area contributed by atoms with E-state index in [1.54, 1.807) is 25.3 Å². The minimum absolute atomic E-state index is 0.280. The van der Waals surface area contributed by atoms with Gasteiger partial charge < -0.3 is 14.8 Å². The molecule has 0 amide bonds. The molecular formula is C18H17ClFN3O2. The zero-order chi connectivity index (χ0) is 17.8. The van der Waals surface area contributed by atoms with Gasteiger partial charge in [0, 0.05) is 11.9 Å². The number of para-hydroxylation sites is 1. The SMILES string of the molecule is CCOc1c(Cl)cc(CNc2ncnc3c(F)cccc23)cc1OC. The second-order valence-electron chi connectivity index (χ2n) is 5.25. The lowest BCUT2D eigenvalue weighted by Crippen LogP contribution is -2.04. The maximum Gasteiger partial charge on any atom is 0.179 e. The minimum atomic E-state index is -0.381. The van der Waals surface area contributed by atoms with Gasteiger partial charge in [0.05, 0.1) is 18.7 Å². The molecule has 0 aliphatic rings. The summed E-state index contributed by atoms with van der Waals surface area (Å²) >= 11 is 6.28. The number of aromatic nitrogens is 2. The molecule has 0 aliphatic heterocycles. The van der Waals surface area contributed by atoms with Gasteiger partial charge in [0.25, 0.3) is 0 Å². The summed E-state index contributed by atoms with van der Waals surface area (Å²) in [5.41, 5.74) is 1.16. The molecule has 1 heterocycles. The van der Waals surface area contributed by atoms with E-state index in [-0.39, 0.29) is 11.3 Å². The molecule has 0 fully saturated rings. The summed E-state index contributed by atoms with van der Waals surface area (Å²) in [6, 6.07) is 8.41. The van der Waals surface area contributed by atoms with Crippen LogP contribution in [0.1, 0.15) is 12.5 Å². The molecule has 7 heteroatoms. The van der Waals surface area contributed by atoms with Gasteiger partial charge in [0.1, 0.15) is 23.5 Å². The fourth-order valence-electron chi connectivity index (χ4n) is 2.54. The number of hydrogen-bond acceptors (Lipinski definition) is 5. The summed E-state index contributed by atoms with van der Waals surface area (Å²) < 4.78 is 24.7. The molecule has 25 heavy (non-hydrogen) atoms. The summed E-state index contributed by atoms with van der Waals surface area (Å²) in [5, 5.41) is 4.27. The van der Waals surface area contributed by atoms with Crippen molar-refractivity contribution in [3.8, 4) is 11.5 Å². The number of nitrogens with one attached hydrogen (secondary N) is 1. The van der Waals surface area contributed by atoms with Crippen LogP contribution < -0.4 is 14.8 Å². The monoisotopic (exact) mass is 361 g/mol.